The zero-order chi connectivity index (χ0) is 14.3. The number of aliphatic hydroxyl groups excluding tert-OH is 1. The van der Waals surface area contributed by atoms with Gasteiger partial charge in [0.2, 0.25) is 5.75 Å². The molecule has 0 aromatic heterocycles. The molecule has 3 rings (SSSR count). The number of rotatable bonds is 3. The molecule has 5 nitrogen and oxygen atoms in total. The first-order valence-electron chi connectivity index (χ1n) is 6.82. The summed E-state index contributed by atoms with van der Waals surface area (Å²) in [6, 6.07) is 4.51. The highest BCUT2D eigenvalue weighted by atomic mass is 35.5. The molecule has 0 amide bonds. The smallest absolute Gasteiger partial charge is 0.312 e. The molecule has 2 unspecified atom stereocenters. The third-order valence-electron chi connectivity index (χ3n) is 4.68. The van der Waals surface area contributed by atoms with Crippen molar-refractivity contribution in [2.45, 2.75) is 44.3 Å². The summed E-state index contributed by atoms with van der Waals surface area (Å²) in [5, 5.41) is 21.3. The summed E-state index contributed by atoms with van der Waals surface area (Å²) >= 11 is 6.04. The van der Waals surface area contributed by atoms with Crippen LogP contribution >= 0.6 is 11.6 Å². The maximum atomic E-state index is 11.1. The quantitative estimate of drug-likeness (QED) is 0.686. The third kappa shape index (κ3) is 1.96. The molecular formula is C14H16ClNO4. The number of nitrogens with zero attached hydrogens (tertiary/aromatic N) is 1. The second-order valence-corrected chi connectivity index (χ2v) is 6.05. The lowest BCUT2D eigenvalue weighted by Crippen LogP contribution is -2.58. The normalized spacial score (nSPS) is 27.3. The van der Waals surface area contributed by atoms with E-state index in [0.29, 0.717) is 6.42 Å². The number of hydrogen-bond acceptors (Lipinski definition) is 4. The van der Waals surface area contributed by atoms with E-state index < -0.39 is 4.92 Å². The van der Waals surface area contributed by atoms with E-state index in [1.54, 1.807) is 6.07 Å². The minimum Gasteiger partial charge on any atom is -0.482 e. The third-order valence-corrected chi connectivity index (χ3v) is 4.98. The molecule has 1 spiro atoms. The van der Waals surface area contributed by atoms with Crippen molar-refractivity contribution >= 4 is 17.3 Å². The van der Waals surface area contributed by atoms with Gasteiger partial charge in [-0.15, -0.1) is 0 Å². The van der Waals surface area contributed by atoms with Crippen molar-refractivity contribution in [1.82, 2.24) is 0 Å². The molecule has 0 saturated heterocycles. The first-order chi connectivity index (χ1) is 9.54. The Bertz CT molecular complexity index is 542. The fraction of sp³-hybridized carbons (Fsp3) is 0.571. The Morgan fingerprint density at radius 1 is 1.40 bits per heavy atom. The predicted molar refractivity (Wildman–Crippen MR) is 74.0 cm³/mol. The minimum absolute atomic E-state index is 0.118. The van der Waals surface area contributed by atoms with Gasteiger partial charge in [0.25, 0.3) is 0 Å². The van der Waals surface area contributed by atoms with Crippen molar-refractivity contribution in [2.24, 2.45) is 5.41 Å². The molecule has 6 heteroatoms. The molecule has 0 radical (unpaired) electrons. The van der Waals surface area contributed by atoms with E-state index in [-0.39, 0.29) is 34.1 Å². The average molecular weight is 298 g/mol. The Hall–Kier alpha value is -1.33. The summed E-state index contributed by atoms with van der Waals surface area (Å²) in [5.41, 5.74) is -0.348. The van der Waals surface area contributed by atoms with Crippen molar-refractivity contribution in [2.75, 3.05) is 0 Å². The van der Waals surface area contributed by atoms with Crippen LogP contribution in [0.5, 0.6) is 5.75 Å². The predicted octanol–water partition coefficient (Wildman–Crippen LogP) is 3.32. The highest BCUT2D eigenvalue weighted by Gasteiger charge is 2.57. The zero-order valence-electron chi connectivity index (χ0n) is 10.9. The Labute approximate surface area is 121 Å². The number of hydrogen-bond donors (Lipinski definition) is 1. The molecule has 20 heavy (non-hydrogen) atoms. The second kappa shape index (κ2) is 4.90. The number of benzene rings is 1. The van der Waals surface area contributed by atoms with Crippen LogP contribution in [0.25, 0.3) is 0 Å². The van der Waals surface area contributed by atoms with Gasteiger partial charge in [0.15, 0.2) is 0 Å². The van der Waals surface area contributed by atoms with Crippen LogP contribution in [-0.2, 0) is 0 Å². The van der Waals surface area contributed by atoms with Crippen molar-refractivity contribution in [3.05, 3.63) is 33.3 Å². The molecule has 2 fully saturated rings. The Kier molecular flexibility index (Phi) is 3.34. The summed E-state index contributed by atoms with van der Waals surface area (Å²) in [7, 11) is 0. The molecule has 1 N–H and O–H groups in total. The molecule has 2 aliphatic rings. The topological polar surface area (TPSA) is 72.6 Å². The van der Waals surface area contributed by atoms with Crippen LogP contribution in [0.2, 0.25) is 5.02 Å². The van der Waals surface area contributed by atoms with Crippen LogP contribution in [0.3, 0.4) is 0 Å². The van der Waals surface area contributed by atoms with Gasteiger partial charge in [-0.3, -0.25) is 10.1 Å². The van der Waals surface area contributed by atoms with Gasteiger partial charge in [-0.05, 0) is 18.9 Å². The van der Waals surface area contributed by atoms with E-state index >= 15 is 0 Å². The number of aliphatic hydroxyl groups is 1. The lowest BCUT2D eigenvalue weighted by Gasteiger charge is -2.50. The van der Waals surface area contributed by atoms with Gasteiger partial charge < -0.3 is 9.84 Å². The first kappa shape index (κ1) is 13.6. The molecule has 0 aliphatic heterocycles. The van der Waals surface area contributed by atoms with Crippen LogP contribution in [0.15, 0.2) is 18.2 Å². The fourth-order valence-electron chi connectivity index (χ4n) is 3.48. The highest BCUT2D eigenvalue weighted by Crippen LogP contribution is 2.55. The SMILES string of the molecule is O=[N+]([O-])c1cccc(Cl)c1OC1CC(O)C12CCCC2. The van der Waals surface area contributed by atoms with E-state index in [2.05, 4.69) is 0 Å². The molecule has 2 saturated carbocycles. The average Bonchev–Trinajstić information content (AvgIpc) is 2.92. The summed E-state index contributed by atoms with van der Waals surface area (Å²) in [6.07, 6.45) is 3.94. The molecule has 0 bridgehead atoms. The second-order valence-electron chi connectivity index (χ2n) is 5.64. The zero-order valence-corrected chi connectivity index (χ0v) is 11.7. The molecule has 108 valence electrons. The van der Waals surface area contributed by atoms with Crippen LogP contribution < -0.4 is 4.74 Å². The monoisotopic (exact) mass is 297 g/mol. The number of ether oxygens (including phenoxy) is 1. The molecule has 1 aromatic carbocycles. The lowest BCUT2D eigenvalue weighted by atomic mass is 9.62. The maximum absolute atomic E-state index is 11.1. The van der Waals surface area contributed by atoms with Crippen molar-refractivity contribution in [3.8, 4) is 5.75 Å². The largest absolute Gasteiger partial charge is 0.482 e. The van der Waals surface area contributed by atoms with Gasteiger partial charge in [-0.25, -0.2) is 0 Å². The Morgan fingerprint density at radius 2 is 2.10 bits per heavy atom. The number of halogens is 1. The number of nitro groups is 1. The van der Waals surface area contributed by atoms with Crippen LogP contribution in [-0.4, -0.2) is 22.2 Å². The van der Waals surface area contributed by atoms with Gasteiger partial charge in [-0.2, -0.15) is 0 Å². The van der Waals surface area contributed by atoms with Crippen molar-refractivity contribution < 1.29 is 14.8 Å². The van der Waals surface area contributed by atoms with E-state index in [0.717, 1.165) is 25.7 Å². The standard InChI is InChI=1S/C14H16ClNO4/c15-9-4-3-5-10(16(18)19)13(9)20-12-8-11(17)14(12)6-1-2-7-14/h3-5,11-12,17H,1-2,6-8H2. The molecule has 2 atom stereocenters. The molecular weight excluding hydrogens is 282 g/mol. The van der Waals surface area contributed by atoms with E-state index in [1.165, 1.54) is 12.1 Å². The summed E-state index contributed by atoms with van der Waals surface area (Å²) in [4.78, 5) is 10.6. The van der Waals surface area contributed by atoms with Crippen molar-refractivity contribution in [3.63, 3.8) is 0 Å². The van der Waals surface area contributed by atoms with E-state index in [1.807, 2.05) is 0 Å². The van der Waals surface area contributed by atoms with Crippen LogP contribution in [0.4, 0.5) is 5.69 Å². The van der Waals surface area contributed by atoms with Crippen molar-refractivity contribution in [1.29, 1.82) is 0 Å². The summed E-state index contributed by atoms with van der Waals surface area (Å²) < 4.78 is 5.85. The highest BCUT2D eigenvalue weighted by molar-refractivity contribution is 6.32. The Morgan fingerprint density at radius 3 is 2.70 bits per heavy atom. The molecule has 2 aliphatic carbocycles. The first-order valence-corrected chi connectivity index (χ1v) is 7.20. The van der Waals surface area contributed by atoms with Gasteiger partial charge in [-0.1, -0.05) is 30.5 Å². The summed E-state index contributed by atoms with van der Waals surface area (Å²) in [5.74, 6) is 0.127. The minimum atomic E-state index is -0.488. The van der Waals surface area contributed by atoms with E-state index in [4.69, 9.17) is 16.3 Å². The van der Waals surface area contributed by atoms with E-state index in [9.17, 15) is 15.2 Å². The van der Waals surface area contributed by atoms with Crippen LogP contribution in [0, 0.1) is 15.5 Å². The van der Waals surface area contributed by atoms with Crippen LogP contribution in [0.1, 0.15) is 32.1 Å². The Balaban J connectivity index is 1.87. The van der Waals surface area contributed by atoms with Gasteiger partial charge in [0.1, 0.15) is 6.10 Å². The van der Waals surface area contributed by atoms with Gasteiger partial charge >= 0.3 is 5.69 Å². The summed E-state index contributed by atoms with van der Waals surface area (Å²) in [6.45, 7) is 0. The number of para-hydroxylation sites is 1. The maximum Gasteiger partial charge on any atom is 0.312 e. The van der Waals surface area contributed by atoms with Gasteiger partial charge in [0.05, 0.1) is 16.0 Å². The lowest BCUT2D eigenvalue weighted by molar-refractivity contribution is -0.386. The fourth-order valence-corrected chi connectivity index (χ4v) is 3.69. The molecule has 0 heterocycles. The van der Waals surface area contributed by atoms with Gasteiger partial charge in [0, 0.05) is 17.9 Å². The molecule has 1 aromatic rings. The number of nitro benzene ring substituents is 1.